The molecule has 29 heavy (non-hydrogen) atoms. The number of benzene rings is 2. The highest BCUT2D eigenvalue weighted by molar-refractivity contribution is 5.48. The Balaban J connectivity index is 1.58. The van der Waals surface area contributed by atoms with Crippen LogP contribution < -0.4 is 23.7 Å². The molecule has 4 rings (SSSR count). The predicted molar refractivity (Wildman–Crippen MR) is 107 cm³/mol. The SMILES string of the molecule is COc1ccc(OC)c(C(CCN2CCOCC2)Oc2ccc3c(c2)OCO3)c1. The molecule has 0 saturated carbocycles. The number of ether oxygens (including phenoxy) is 6. The topological polar surface area (TPSA) is 58.6 Å². The molecule has 2 aromatic rings. The molecule has 1 saturated heterocycles. The molecule has 1 fully saturated rings. The summed E-state index contributed by atoms with van der Waals surface area (Å²) in [4.78, 5) is 2.39. The summed E-state index contributed by atoms with van der Waals surface area (Å²) in [6, 6.07) is 11.4. The molecule has 0 aromatic heterocycles. The Morgan fingerprint density at radius 2 is 1.72 bits per heavy atom. The lowest BCUT2D eigenvalue weighted by Gasteiger charge is -2.29. The average molecular weight is 401 g/mol. The maximum absolute atomic E-state index is 6.43. The molecule has 2 aliphatic rings. The van der Waals surface area contributed by atoms with E-state index < -0.39 is 0 Å². The van der Waals surface area contributed by atoms with Crippen LogP contribution >= 0.6 is 0 Å². The Bertz CT molecular complexity index is 821. The second-order valence-electron chi connectivity index (χ2n) is 6.97. The average Bonchev–Trinajstić information content (AvgIpc) is 3.24. The number of methoxy groups -OCH3 is 2. The summed E-state index contributed by atoms with van der Waals surface area (Å²) >= 11 is 0. The van der Waals surface area contributed by atoms with Crippen LogP contribution in [0.3, 0.4) is 0 Å². The molecule has 156 valence electrons. The summed E-state index contributed by atoms with van der Waals surface area (Å²) in [5.74, 6) is 3.71. The standard InChI is InChI=1S/C22H27NO6/c1-24-16-3-5-19(25-2)18(13-16)20(7-8-23-9-11-26-12-10-23)29-17-4-6-21-22(14-17)28-15-27-21/h3-6,13-14,20H,7-12,15H2,1-2H3. The lowest BCUT2D eigenvalue weighted by Crippen LogP contribution is -2.37. The fourth-order valence-corrected chi connectivity index (χ4v) is 3.61. The molecule has 0 radical (unpaired) electrons. The number of rotatable bonds is 8. The van der Waals surface area contributed by atoms with Crippen LogP contribution in [0.25, 0.3) is 0 Å². The van der Waals surface area contributed by atoms with Gasteiger partial charge >= 0.3 is 0 Å². The predicted octanol–water partition coefficient (Wildman–Crippen LogP) is 3.27. The fourth-order valence-electron chi connectivity index (χ4n) is 3.61. The minimum absolute atomic E-state index is 0.205. The number of morpholine rings is 1. The van der Waals surface area contributed by atoms with E-state index in [2.05, 4.69) is 4.90 Å². The van der Waals surface area contributed by atoms with Crippen LogP contribution in [0.5, 0.6) is 28.7 Å². The zero-order chi connectivity index (χ0) is 20.1. The van der Waals surface area contributed by atoms with Gasteiger partial charge in [-0.3, -0.25) is 4.90 Å². The molecular formula is C22H27NO6. The molecule has 2 heterocycles. The molecular weight excluding hydrogens is 374 g/mol. The van der Waals surface area contributed by atoms with Crippen LogP contribution in [0.4, 0.5) is 0 Å². The van der Waals surface area contributed by atoms with Crippen molar-refractivity contribution in [3.8, 4) is 28.7 Å². The summed E-state index contributed by atoms with van der Waals surface area (Å²) in [6.45, 7) is 4.56. The highest BCUT2D eigenvalue weighted by atomic mass is 16.7. The van der Waals surface area contributed by atoms with Crippen LogP contribution in [0.2, 0.25) is 0 Å². The highest BCUT2D eigenvalue weighted by Gasteiger charge is 2.23. The van der Waals surface area contributed by atoms with Gasteiger partial charge in [0.1, 0.15) is 23.4 Å². The van der Waals surface area contributed by atoms with Crippen molar-refractivity contribution in [3.05, 3.63) is 42.0 Å². The van der Waals surface area contributed by atoms with Crippen molar-refractivity contribution >= 4 is 0 Å². The lowest BCUT2D eigenvalue weighted by atomic mass is 10.0. The van der Waals surface area contributed by atoms with Crippen LogP contribution in [-0.2, 0) is 4.74 Å². The van der Waals surface area contributed by atoms with Gasteiger partial charge in [-0.15, -0.1) is 0 Å². The number of fused-ring (bicyclic) bond motifs is 1. The van der Waals surface area contributed by atoms with Gasteiger partial charge in [0, 0.05) is 37.7 Å². The van der Waals surface area contributed by atoms with E-state index in [0.717, 1.165) is 67.8 Å². The van der Waals surface area contributed by atoms with E-state index in [1.165, 1.54) is 0 Å². The molecule has 1 unspecified atom stereocenters. The van der Waals surface area contributed by atoms with Crippen molar-refractivity contribution < 1.29 is 28.4 Å². The van der Waals surface area contributed by atoms with E-state index in [1.54, 1.807) is 14.2 Å². The van der Waals surface area contributed by atoms with Gasteiger partial charge in [-0.05, 0) is 30.3 Å². The first-order chi connectivity index (χ1) is 14.3. The number of hydrogen-bond acceptors (Lipinski definition) is 7. The first-order valence-electron chi connectivity index (χ1n) is 9.85. The molecule has 0 spiro atoms. The quantitative estimate of drug-likeness (QED) is 0.673. The van der Waals surface area contributed by atoms with Gasteiger partial charge in [0.05, 0.1) is 27.4 Å². The summed E-state index contributed by atoms with van der Waals surface area (Å²) < 4.78 is 33.8. The minimum Gasteiger partial charge on any atom is -0.497 e. The maximum atomic E-state index is 6.43. The third-order valence-electron chi connectivity index (χ3n) is 5.22. The van der Waals surface area contributed by atoms with E-state index in [-0.39, 0.29) is 12.9 Å². The van der Waals surface area contributed by atoms with Gasteiger partial charge in [0.2, 0.25) is 6.79 Å². The van der Waals surface area contributed by atoms with E-state index in [0.29, 0.717) is 5.75 Å². The lowest BCUT2D eigenvalue weighted by molar-refractivity contribution is 0.0315. The van der Waals surface area contributed by atoms with Gasteiger partial charge in [-0.25, -0.2) is 0 Å². The maximum Gasteiger partial charge on any atom is 0.231 e. The van der Waals surface area contributed by atoms with Crippen molar-refractivity contribution in [1.82, 2.24) is 4.90 Å². The second-order valence-corrected chi connectivity index (χ2v) is 6.97. The number of hydrogen-bond donors (Lipinski definition) is 0. The van der Waals surface area contributed by atoms with E-state index >= 15 is 0 Å². The van der Waals surface area contributed by atoms with Crippen molar-refractivity contribution in [2.45, 2.75) is 12.5 Å². The van der Waals surface area contributed by atoms with E-state index in [1.807, 2.05) is 36.4 Å². The smallest absolute Gasteiger partial charge is 0.231 e. The minimum atomic E-state index is -0.205. The zero-order valence-electron chi connectivity index (χ0n) is 16.9. The summed E-state index contributed by atoms with van der Waals surface area (Å²) in [5.41, 5.74) is 0.956. The van der Waals surface area contributed by atoms with Gasteiger partial charge in [0.25, 0.3) is 0 Å². The van der Waals surface area contributed by atoms with Crippen molar-refractivity contribution in [2.24, 2.45) is 0 Å². The van der Waals surface area contributed by atoms with Gasteiger partial charge in [0.15, 0.2) is 11.5 Å². The molecule has 2 aromatic carbocycles. The third kappa shape index (κ3) is 4.68. The van der Waals surface area contributed by atoms with E-state index in [4.69, 9.17) is 28.4 Å². The summed E-state index contributed by atoms with van der Waals surface area (Å²) in [6.07, 6.45) is 0.598. The van der Waals surface area contributed by atoms with Crippen molar-refractivity contribution in [3.63, 3.8) is 0 Å². The monoisotopic (exact) mass is 401 g/mol. The summed E-state index contributed by atoms with van der Waals surface area (Å²) in [7, 11) is 3.33. The number of nitrogens with zero attached hydrogens (tertiary/aromatic N) is 1. The Hall–Kier alpha value is -2.64. The molecule has 1 atom stereocenters. The molecule has 0 amide bonds. The Morgan fingerprint density at radius 3 is 2.52 bits per heavy atom. The van der Waals surface area contributed by atoms with E-state index in [9.17, 15) is 0 Å². The molecule has 0 N–H and O–H groups in total. The third-order valence-corrected chi connectivity index (χ3v) is 5.22. The van der Waals surface area contributed by atoms with Gasteiger partial charge in [-0.2, -0.15) is 0 Å². The first kappa shape index (κ1) is 19.7. The largest absolute Gasteiger partial charge is 0.497 e. The molecule has 2 aliphatic heterocycles. The van der Waals surface area contributed by atoms with Crippen LogP contribution in [0.15, 0.2) is 36.4 Å². The Morgan fingerprint density at radius 1 is 0.931 bits per heavy atom. The molecule has 0 bridgehead atoms. The Labute approximate surface area is 171 Å². The zero-order valence-corrected chi connectivity index (χ0v) is 16.9. The first-order valence-corrected chi connectivity index (χ1v) is 9.85. The highest BCUT2D eigenvalue weighted by Crippen LogP contribution is 2.39. The second kappa shape index (κ2) is 9.24. The molecule has 0 aliphatic carbocycles. The van der Waals surface area contributed by atoms with Crippen LogP contribution in [0, 0.1) is 0 Å². The van der Waals surface area contributed by atoms with Crippen molar-refractivity contribution in [1.29, 1.82) is 0 Å². The van der Waals surface area contributed by atoms with Crippen LogP contribution in [-0.4, -0.2) is 58.8 Å². The molecule has 7 nitrogen and oxygen atoms in total. The van der Waals surface area contributed by atoms with Gasteiger partial charge in [-0.1, -0.05) is 0 Å². The fraction of sp³-hybridized carbons (Fsp3) is 0.455. The summed E-state index contributed by atoms with van der Waals surface area (Å²) in [5, 5.41) is 0. The van der Waals surface area contributed by atoms with Gasteiger partial charge < -0.3 is 28.4 Å². The van der Waals surface area contributed by atoms with Crippen LogP contribution in [0.1, 0.15) is 18.1 Å². The Kier molecular flexibility index (Phi) is 6.27. The van der Waals surface area contributed by atoms with Crippen molar-refractivity contribution in [2.75, 3.05) is 53.9 Å². The normalized spacial score (nSPS) is 17.0. The molecule has 7 heteroatoms.